The van der Waals surface area contributed by atoms with E-state index < -0.39 is 0 Å². The first-order valence-electron chi connectivity index (χ1n) is 6.43. The van der Waals surface area contributed by atoms with Crippen molar-refractivity contribution in [2.75, 3.05) is 13.2 Å². The number of carbonyl (C=O) groups excluding carboxylic acids is 1. The molecule has 0 radical (unpaired) electrons. The molecular formula is C14H21FN2O2. The minimum Gasteiger partial charge on any atom is -0.484 e. The van der Waals surface area contributed by atoms with Crippen LogP contribution in [0.5, 0.6) is 5.75 Å². The molecule has 0 bridgehead atoms. The van der Waals surface area contributed by atoms with Crippen LogP contribution in [0.15, 0.2) is 18.2 Å². The predicted molar refractivity (Wildman–Crippen MR) is 72.6 cm³/mol. The average Bonchev–Trinajstić information content (AvgIpc) is 2.34. The van der Waals surface area contributed by atoms with Crippen LogP contribution in [-0.2, 0) is 11.3 Å². The zero-order valence-electron chi connectivity index (χ0n) is 11.6. The van der Waals surface area contributed by atoms with Gasteiger partial charge < -0.3 is 15.4 Å². The SMILES string of the molecule is CCNC(=O)COc1cc(F)cc(CNC(C)C)c1. The molecule has 1 aromatic rings. The van der Waals surface area contributed by atoms with Crippen molar-refractivity contribution in [1.82, 2.24) is 10.6 Å². The van der Waals surface area contributed by atoms with Crippen molar-refractivity contribution >= 4 is 5.91 Å². The zero-order chi connectivity index (χ0) is 14.3. The maximum absolute atomic E-state index is 13.4. The van der Waals surface area contributed by atoms with Gasteiger partial charge in [0.15, 0.2) is 6.61 Å². The van der Waals surface area contributed by atoms with Crippen LogP contribution in [0.4, 0.5) is 4.39 Å². The van der Waals surface area contributed by atoms with E-state index in [0.29, 0.717) is 24.9 Å². The number of nitrogens with one attached hydrogen (secondary N) is 2. The van der Waals surface area contributed by atoms with Gasteiger partial charge in [0.05, 0.1) is 0 Å². The van der Waals surface area contributed by atoms with Crippen molar-refractivity contribution < 1.29 is 13.9 Å². The van der Waals surface area contributed by atoms with E-state index >= 15 is 0 Å². The third-order valence-electron chi connectivity index (χ3n) is 2.39. The molecule has 0 aliphatic carbocycles. The Bertz CT molecular complexity index is 422. The van der Waals surface area contributed by atoms with Gasteiger partial charge in [-0.2, -0.15) is 0 Å². The van der Waals surface area contributed by atoms with Crippen molar-refractivity contribution in [3.63, 3.8) is 0 Å². The molecule has 1 rings (SSSR count). The molecule has 0 unspecified atom stereocenters. The number of carbonyl (C=O) groups is 1. The molecule has 0 aromatic heterocycles. The second-order valence-electron chi connectivity index (χ2n) is 4.57. The van der Waals surface area contributed by atoms with E-state index in [9.17, 15) is 9.18 Å². The Balaban J connectivity index is 2.60. The fourth-order valence-corrected chi connectivity index (χ4v) is 1.53. The quantitative estimate of drug-likeness (QED) is 0.793. The Labute approximate surface area is 113 Å². The van der Waals surface area contributed by atoms with E-state index in [1.54, 1.807) is 6.07 Å². The van der Waals surface area contributed by atoms with E-state index in [1.807, 2.05) is 20.8 Å². The Kier molecular flexibility index (Phi) is 6.29. The van der Waals surface area contributed by atoms with Crippen molar-refractivity contribution in [2.45, 2.75) is 33.4 Å². The Morgan fingerprint density at radius 1 is 1.37 bits per heavy atom. The first-order chi connectivity index (χ1) is 9.01. The maximum Gasteiger partial charge on any atom is 0.257 e. The highest BCUT2D eigenvalue weighted by molar-refractivity contribution is 5.77. The summed E-state index contributed by atoms with van der Waals surface area (Å²) in [5.41, 5.74) is 0.791. The number of amides is 1. The molecule has 1 aromatic carbocycles. The maximum atomic E-state index is 13.4. The minimum atomic E-state index is -0.367. The van der Waals surface area contributed by atoms with Gasteiger partial charge in [-0.25, -0.2) is 4.39 Å². The van der Waals surface area contributed by atoms with Crippen LogP contribution in [0.2, 0.25) is 0 Å². The van der Waals surface area contributed by atoms with E-state index in [0.717, 1.165) is 5.56 Å². The molecule has 1 amide bonds. The summed E-state index contributed by atoms with van der Waals surface area (Å²) in [5, 5.41) is 5.81. The second kappa shape index (κ2) is 7.74. The van der Waals surface area contributed by atoms with Gasteiger partial charge in [-0.1, -0.05) is 13.8 Å². The Morgan fingerprint density at radius 2 is 2.11 bits per heavy atom. The van der Waals surface area contributed by atoms with Crippen LogP contribution in [0, 0.1) is 5.82 Å². The number of rotatable bonds is 7. The van der Waals surface area contributed by atoms with Gasteiger partial charge >= 0.3 is 0 Å². The monoisotopic (exact) mass is 268 g/mol. The summed E-state index contributed by atoms with van der Waals surface area (Å²) < 4.78 is 18.7. The number of benzene rings is 1. The van der Waals surface area contributed by atoms with Crippen LogP contribution >= 0.6 is 0 Å². The number of ether oxygens (including phenoxy) is 1. The topological polar surface area (TPSA) is 50.4 Å². The molecule has 2 N–H and O–H groups in total. The first-order valence-corrected chi connectivity index (χ1v) is 6.43. The summed E-state index contributed by atoms with van der Waals surface area (Å²) in [6.07, 6.45) is 0. The molecule has 5 heteroatoms. The van der Waals surface area contributed by atoms with Gasteiger partial charge in [0, 0.05) is 25.2 Å². The summed E-state index contributed by atoms with van der Waals surface area (Å²) in [7, 11) is 0. The fraction of sp³-hybridized carbons (Fsp3) is 0.500. The van der Waals surface area contributed by atoms with Crippen LogP contribution < -0.4 is 15.4 Å². The molecule has 0 saturated carbocycles. The third kappa shape index (κ3) is 6.20. The highest BCUT2D eigenvalue weighted by Crippen LogP contribution is 2.16. The molecule has 0 heterocycles. The van der Waals surface area contributed by atoms with Gasteiger partial charge in [-0.3, -0.25) is 4.79 Å². The van der Waals surface area contributed by atoms with Crippen LogP contribution in [0.25, 0.3) is 0 Å². The Morgan fingerprint density at radius 3 is 2.74 bits per heavy atom. The summed E-state index contributed by atoms with van der Waals surface area (Å²) in [6.45, 7) is 6.88. The van der Waals surface area contributed by atoms with Gasteiger partial charge in [0.2, 0.25) is 0 Å². The van der Waals surface area contributed by atoms with E-state index in [4.69, 9.17) is 4.74 Å². The summed E-state index contributed by atoms with van der Waals surface area (Å²) >= 11 is 0. The first kappa shape index (κ1) is 15.4. The largest absolute Gasteiger partial charge is 0.484 e. The van der Waals surface area contributed by atoms with Crippen molar-refractivity contribution in [1.29, 1.82) is 0 Å². The summed E-state index contributed by atoms with van der Waals surface area (Å²) in [6, 6.07) is 4.78. The van der Waals surface area contributed by atoms with Gasteiger partial charge in [-0.15, -0.1) is 0 Å². The molecule has 0 fully saturated rings. The third-order valence-corrected chi connectivity index (χ3v) is 2.39. The molecule has 0 saturated heterocycles. The van der Waals surface area contributed by atoms with Crippen molar-refractivity contribution in [3.05, 3.63) is 29.6 Å². The standard InChI is InChI=1S/C14H21FN2O2/c1-4-16-14(18)9-19-13-6-11(5-12(15)7-13)8-17-10(2)3/h5-7,10,17H,4,8-9H2,1-3H3,(H,16,18). The molecule has 19 heavy (non-hydrogen) atoms. The molecule has 0 spiro atoms. The zero-order valence-corrected chi connectivity index (χ0v) is 11.6. The lowest BCUT2D eigenvalue weighted by Gasteiger charge is -2.11. The van der Waals surface area contributed by atoms with Gasteiger partial charge in [0.25, 0.3) is 5.91 Å². The van der Waals surface area contributed by atoms with Gasteiger partial charge in [-0.05, 0) is 24.6 Å². The van der Waals surface area contributed by atoms with Crippen molar-refractivity contribution in [3.8, 4) is 5.75 Å². The molecule has 4 nitrogen and oxygen atoms in total. The van der Waals surface area contributed by atoms with E-state index in [-0.39, 0.29) is 18.3 Å². The summed E-state index contributed by atoms with van der Waals surface area (Å²) in [4.78, 5) is 11.3. The number of hydrogen-bond acceptors (Lipinski definition) is 3. The second-order valence-corrected chi connectivity index (χ2v) is 4.57. The van der Waals surface area contributed by atoms with Gasteiger partial charge in [0.1, 0.15) is 11.6 Å². The van der Waals surface area contributed by atoms with E-state index in [1.165, 1.54) is 12.1 Å². The van der Waals surface area contributed by atoms with Crippen molar-refractivity contribution in [2.24, 2.45) is 0 Å². The smallest absolute Gasteiger partial charge is 0.257 e. The van der Waals surface area contributed by atoms with Crippen LogP contribution in [0.1, 0.15) is 26.3 Å². The average molecular weight is 268 g/mol. The number of likely N-dealkylation sites (N-methyl/N-ethyl adjacent to an activating group) is 1. The molecule has 0 aliphatic heterocycles. The lowest BCUT2D eigenvalue weighted by molar-refractivity contribution is -0.122. The van der Waals surface area contributed by atoms with Crippen LogP contribution in [-0.4, -0.2) is 25.1 Å². The lowest BCUT2D eigenvalue weighted by atomic mass is 10.2. The highest BCUT2D eigenvalue weighted by Gasteiger charge is 2.05. The summed E-state index contributed by atoms with van der Waals surface area (Å²) in [5.74, 6) is -0.214. The number of halogens is 1. The normalized spacial score (nSPS) is 10.6. The Hall–Kier alpha value is -1.62. The number of hydrogen-bond donors (Lipinski definition) is 2. The van der Waals surface area contributed by atoms with Crippen LogP contribution in [0.3, 0.4) is 0 Å². The minimum absolute atomic E-state index is 0.103. The predicted octanol–water partition coefficient (Wildman–Crippen LogP) is 1.84. The molecular weight excluding hydrogens is 247 g/mol. The molecule has 106 valence electrons. The molecule has 0 aliphatic rings. The fourth-order valence-electron chi connectivity index (χ4n) is 1.53. The highest BCUT2D eigenvalue weighted by atomic mass is 19.1. The molecule has 0 atom stereocenters. The van der Waals surface area contributed by atoms with E-state index in [2.05, 4.69) is 10.6 Å². The lowest BCUT2D eigenvalue weighted by Crippen LogP contribution is -2.28.